The van der Waals surface area contributed by atoms with Crippen LogP contribution in [0.3, 0.4) is 0 Å². The fourth-order valence-electron chi connectivity index (χ4n) is 7.91. The average molecular weight is 688 g/mol. The van der Waals surface area contributed by atoms with E-state index in [0.717, 1.165) is 47.1 Å². The first-order valence-corrected chi connectivity index (χ1v) is 20.2. The summed E-state index contributed by atoms with van der Waals surface area (Å²) in [4.78, 5) is 54.9. The number of fused-ring (bicyclic) bond motifs is 4. The van der Waals surface area contributed by atoms with Gasteiger partial charge in [0, 0.05) is 18.5 Å². The summed E-state index contributed by atoms with van der Waals surface area (Å²) in [5, 5.41) is 15.5. The maximum atomic E-state index is 14.4. The van der Waals surface area contributed by atoms with Crippen molar-refractivity contribution < 1.29 is 29.0 Å². The maximum Gasteiger partial charge on any atom is 0.407 e. The second-order valence-corrected chi connectivity index (χ2v) is 16.8. The standard InChI is InChI=1S/C40H41N3O6Si/c1-50-23-36(37(44)41-34-16-8-10-26-9-2-3-11-28(26)34)43(24-50)38(45)35(21-25-17-19-27(20-18-25)39(46)47)42-40(48)49-22-33-31-14-6-4-12-29(31)30-13-5-7-15-32(30)33/h2-7,9,11-15,17-20,33-36,50H,8,10,16,21-24H2,1H3,(H,41,44)(H,42,48)(H,46,47)/t34-,35+,36+,50?/m1/s1. The molecule has 256 valence electrons. The van der Waals surface area contributed by atoms with Crippen LogP contribution in [0.25, 0.3) is 11.1 Å². The van der Waals surface area contributed by atoms with Crippen LogP contribution >= 0.6 is 0 Å². The minimum Gasteiger partial charge on any atom is -0.478 e. The lowest BCUT2D eigenvalue weighted by atomic mass is 9.87. The van der Waals surface area contributed by atoms with Crippen LogP contribution in [-0.4, -0.2) is 67.5 Å². The van der Waals surface area contributed by atoms with Crippen molar-refractivity contribution in [2.75, 3.05) is 12.8 Å². The van der Waals surface area contributed by atoms with Crippen LogP contribution in [-0.2, 0) is 27.2 Å². The average Bonchev–Trinajstić information content (AvgIpc) is 3.68. The zero-order chi connectivity index (χ0) is 34.8. The number of carbonyl (C=O) groups is 4. The Morgan fingerprint density at radius 1 is 0.880 bits per heavy atom. The minimum atomic E-state index is -1.44. The van der Waals surface area contributed by atoms with E-state index in [2.05, 4.69) is 41.4 Å². The van der Waals surface area contributed by atoms with E-state index in [1.54, 1.807) is 17.0 Å². The molecule has 7 rings (SSSR count). The molecular formula is C40H41N3O6Si. The number of carbonyl (C=O) groups excluding carboxylic acids is 3. The summed E-state index contributed by atoms with van der Waals surface area (Å²) in [5.41, 5.74) is 7.57. The Hall–Kier alpha value is -5.22. The molecule has 3 amide bonds. The molecule has 0 aromatic heterocycles. The summed E-state index contributed by atoms with van der Waals surface area (Å²) in [6, 6.07) is 29.5. The third kappa shape index (κ3) is 6.80. The highest BCUT2D eigenvalue weighted by molar-refractivity contribution is 6.59. The summed E-state index contributed by atoms with van der Waals surface area (Å²) in [6.45, 7) is 2.25. The summed E-state index contributed by atoms with van der Waals surface area (Å²) in [6.07, 6.45) is 2.70. The molecule has 0 saturated carbocycles. The molecule has 0 bridgehead atoms. The normalized spacial score (nSPS) is 19.9. The highest BCUT2D eigenvalue weighted by Gasteiger charge is 2.42. The number of carboxylic acid groups (broad SMARTS) is 1. The lowest BCUT2D eigenvalue weighted by Crippen LogP contribution is -2.54. The van der Waals surface area contributed by atoms with E-state index in [4.69, 9.17) is 4.74 Å². The number of hydrogen-bond acceptors (Lipinski definition) is 5. The van der Waals surface area contributed by atoms with Crippen LogP contribution in [0.5, 0.6) is 0 Å². The van der Waals surface area contributed by atoms with Gasteiger partial charge in [0.15, 0.2) is 0 Å². The van der Waals surface area contributed by atoms with Crippen molar-refractivity contribution in [3.63, 3.8) is 0 Å². The lowest BCUT2D eigenvalue weighted by Gasteiger charge is -2.32. The topological polar surface area (TPSA) is 125 Å². The minimum absolute atomic E-state index is 0.0929. The number of nitrogens with one attached hydrogen (secondary N) is 2. The highest BCUT2D eigenvalue weighted by atomic mass is 28.3. The van der Waals surface area contributed by atoms with Crippen molar-refractivity contribution in [3.8, 4) is 11.1 Å². The Balaban J connectivity index is 1.09. The molecule has 10 heteroatoms. The van der Waals surface area contributed by atoms with Gasteiger partial charge in [-0.15, -0.1) is 0 Å². The molecule has 4 atom stereocenters. The second kappa shape index (κ2) is 14.3. The van der Waals surface area contributed by atoms with E-state index in [1.807, 2.05) is 48.5 Å². The highest BCUT2D eigenvalue weighted by Crippen LogP contribution is 2.44. The molecule has 3 N–H and O–H groups in total. The molecule has 4 aromatic rings. The van der Waals surface area contributed by atoms with Crippen molar-refractivity contribution >= 4 is 32.7 Å². The lowest BCUT2D eigenvalue weighted by molar-refractivity contribution is -0.139. The molecule has 3 aliphatic rings. The molecule has 1 saturated heterocycles. The maximum absolute atomic E-state index is 14.4. The number of amides is 3. The Kier molecular flexibility index (Phi) is 9.54. The van der Waals surface area contributed by atoms with Crippen LogP contribution in [0.15, 0.2) is 97.1 Å². The van der Waals surface area contributed by atoms with Gasteiger partial charge in [0.2, 0.25) is 11.8 Å². The summed E-state index contributed by atoms with van der Waals surface area (Å²) in [7, 11) is -1.44. The van der Waals surface area contributed by atoms with Crippen molar-refractivity contribution in [1.29, 1.82) is 0 Å². The van der Waals surface area contributed by atoms with Gasteiger partial charge >= 0.3 is 12.1 Å². The number of alkyl carbamates (subject to hydrolysis) is 1. The SMILES string of the molecule is C[SiH]1C[C@@H](C(=O)N[C@@H]2CCCc3ccccc32)N(C(=O)[C@H](Cc2ccc(C(=O)O)cc2)NC(=O)OCC2c3ccccc3-c3ccccc32)C1. The van der Waals surface area contributed by atoms with Crippen molar-refractivity contribution in [1.82, 2.24) is 15.5 Å². The Bertz CT molecular complexity index is 1880. The largest absolute Gasteiger partial charge is 0.478 e. The Labute approximate surface area is 293 Å². The van der Waals surface area contributed by atoms with Gasteiger partial charge in [-0.25, -0.2) is 9.59 Å². The Morgan fingerprint density at radius 2 is 1.52 bits per heavy atom. The smallest absolute Gasteiger partial charge is 0.407 e. The van der Waals surface area contributed by atoms with E-state index in [-0.39, 0.29) is 42.4 Å². The first-order chi connectivity index (χ1) is 24.3. The molecule has 1 aliphatic heterocycles. The number of aromatic carboxylic acids is 1. The number of carboxylic acids is 1. The van der Waals surface area contributed by atoms with Gasteiger partial charge in [-0.2, -0.15) is 0 Å². The van der Waals surface area contributed by atoms with Gasteiger partial charge in [0.05, 0.1) is 20.4 Å². The van der Waals surface area contributed by atoms with E-state index in [9.17, 15) is 24.3 Å². The summed E-state index contributed by atoms with van der Waals surface area (Å²) < 4.78 is 5.83. The second-order valence-electron chi connectivity index (χ2n) is 13.7. The van der Waals surface area contributed by atoms with E-state index < -0.39 is 32.9 Å². The van der Waals surface area contributed by atoms with Crippen LogP contribution < -0.4 is 10.6 Å². The van der Waals surface area contributed by atoms with Gasteiger partial charge in [-0.3, -0.25) is 9.59 Å². The number of benzene rings is 4. The zero-order valence-electron chi connectivity index (χ0n) is 28.0. The van der Waals surface area contributed by atoms with Gasteiger partial charge in [0.1, 0.15) is 18.7 Å². The predicted octanol–water partition coefficient (Wildman–Crippen LogP) is 5.64. The van der Waals surface area contributed by atoms with Crippen molar-refractivity contribution in [3.05, 3.63) is 130 Å². The summed E-state index contributed by atoms with van der Waals surface area (Å²) >= 11 is 0. The quantitative estimate of drug-likeness (QED) is 0.196. The number of hydrogen-bond donors (Lipinski definition) is 3. The molecule has 1 heterocycles. The molecule has 0 spiro atoms. The monoisotopic (exact) mass is 687 g/mol. The fourth-order valence-corrected chi connectivity index (χ4v) is 10.4. The molecule has 1 fully saturated rings. The molecule has 9 nitrogen and oxygen atoms in total. The number of ether oxygens (including phenoxy) is 1. The third-order valence-electron chi connectivity index (χ3n) is 10.4. The Morgan fingerprint density at radius 3 is 2.20 bits per heavy atom. The van der Waals surface area contributed by atoms with Crippen LogP contribution in [0.1, 0.15) is 63.0 Å². The van der Waals surface area contributed by atoms with Gasteiger partial charge < -0.3 is 25.4 Å². The van der Waals surface area contributed by atoms with E-state index in [0.29, 0.717) is 17.8 Å². The molecule has 2 aliphatic carbocycles. The molecule has 50 heavy (non-hydrogen) atoms. The predicted molar refractivity (Wildman–Crippen MR) is 193 cm³/mol. The molecular weight excluding hydrogens is 647 g/mol. The first-order valence-electron chi connectivity index (χ1n) is 17.4. The van der Waals surface area contributed by atoms with Crippen molar-refractivity contribution in [2.24, 2.45) is 0 Å². The summed E-state index contributed by atoms with van der Waals surface area (Å²) in [5.74, 6) is -1.70. The van der Waals surface area contributed by atoms with E-state index >= 15 is 0 Å². The van der Waals surface area contributed by atoms with E-state index in [1.165, 1.54) is 17.7 Å². The van der Waals surface area contributed by atoms with Gasteiger partial charge in [-0.1, -0.05) is 91.5 Å². The van der Waals surface area contributed by atoms with Crippen LogP contribution in [0.4, 0.5) is 4.79 Å². The third-order valence-corrected chi connectivity index (χ3v) is 12.6. The van der Waals surface area contributed by atoms with Gasteiger partial charge in [0.25, 0.3) is 0 Å². The fraction of sp³-hybridized carbons (Fsp3) is 0.300. The molecule has 1 unspecified atom stereocenters. The van der Waals surface area contributed by atoms with Crippen LogP contribution in [0.2, 0.25) is 12.6 Å². The van der Waals surface area contributed by atoms with Crippen molar-refractivity contribution in [2.45, 2.75) is 62.3 Å². The number of rotatable bonds is 9. The van der Waals surface area contributed by atoms with Gasteiger partial charge in [-0.05, 0) is 76.4 Å². The number of nitrogens with zero attached hydrogens (tertiary/aromatic N) is 1. The molecule has 0 radical (unpaired) electrons. The number of aryl methyl sites for hydroxylation is 1. The van der Waals surface area contributed by atoms with Crippen LogP contribution in [0, 0.1) is 0 Å². The first kappa shape index (κ1) is 33.3. The zero-order valence-corrected chi connectivity index (χ0v) is 29.2. The molecule has 4 aromatic carbocycles.